The Bertz CT molecular complexity index is 251. The Balaban J connectivity index is 5.11. The van der Waals surface area contributed by atoms with E-state index in [1.165, 1.54) is 0 Å². The zero-order valence-electron chi connectivity index (χ0n) is 12.4. The van der Waals surface area contributed by atoms with Crippen LogP contribution in [0.25, 0.3) is 0 Å². The van der Waals surface area contributed by atoms with Crippen molar-refractivity contribution in [3.05, 3.63) is 11.3 Å². The highest BCUT2D eigenvalue weighted by Gasteiger charge is 2.31. The maximum Gasteiger partial charge on any atom is 0.0849 e. The second-order valence-corrected chi connectivity index (χ2v) is 11.3. The van der Waals surface area contributed by atoms with E-state index in [0.29, 0.717) is 6.42 Å². The molecule has 0 aliphatic carbocycles. The Morgan fingerprint density at radius 2 is 1.82 bits per heavy atom. The zero-order chi connectivity index (χ0) is 13.7. The fourth-order valence-electron chi connectivity index (χ4n) is 1.96. The third kappa shape index (κ3) is 6.39. The molecule has 0 saturated carbocycles. The average molecular weight is 258 g/mol. The predicted octanol–water partition coefficient (Wildman–Crippen LogP) is 3.50. The molecule has 0 fully saturated rings. The molecule has 0 saturated heterocycles. The predicted molar refractivity (Wildman–Crippen MR) is 77.9 cm³/mol. The van der Waals surface area contributed by atoms with Gasteiger partial charge in [0.1, 0.15) is 0 Å². The van der Waals surface area contributed by atoms with E-state index in [-0.39, 0.29) is 0 Å². The Hall–Kier alpha value is -0.123. The Labute approximate surface area is 108 Å². The van der Waals surface area contributed by atoms with Crippen molar-refractivity contribution < 1.29 is 10.2 Å². The van der Waals surface area contributed by atoms with Crippen molar-refractivity contribution in [2.45, 2.75) is 77.8 Å². The Morgan fingerprint density at radius 1 is 1.29 bits per heavy atom. The first-order valence-corrected chi connectivity index (χ1v) is 10.4. The molecule has 0 amide bonds. The number of hydrogen-bond acceptors (Lipinski definition) is 2. The van der Waals surface area contributed by atoms with Gasteiger partial charge in [-0.2, -0.15) is 0 Å². The summed E-state index contributed by atoms with van der Waals surface area (Å²) in [6.07, 6.45) is 2.95. The van der Waals surface area contributed by atoms with E-state index in [2.05, 4.69) is 32.3 Å². The molecule has 0 radical (unpaired) electrons. The molecule has 0 aromatic carbocycles. The van der Waals surface area contributed by atoms with Crippen molar-refractivity contribution in [2.75, 3.05) is 0 Å². The van der Waals surface area contributed by atoms with Crippen LogP contribution in [0.1, 0.15) is 46.5 Å². The van der Waals surface area contributed by atoms with E-state index in [9.17, 15) is 10.2 Å². The second kappa shape index (κ2) is 6.71. The Kier molecular flexibility index (Phi) is 6.67. The van der Waals surface area contributed by atoms with Crippen LogP contribution in [-0.2, 0) is 0 Å². The minimum atomic E-state index is -1.43. The standard InChI is InChI=1S/C14H30O2Si/c1-7-9-10-14(3,16)12(13(15)8-2)11-17(4,5)6/h11,13,15-16H,7-10H2,1-6H3/b12-11+/t13-,14+/m1/s1. The lowest BCUT2D eigenvalue weighted by atomic mass is 9.87. The summed E-state index contributed by atoms with van der Waals surface area (Å²) in [5.74, 6) is 0. The number of aliphatic hydroxyl groups is 2. The molecule has 0 aliphatic heterocycles. The van der Waals surface area contributed by atoms with Crippen molar-refractivity contribution in [2.24, 2.45) is 0 Å². The maximum atomic E-state index is 10.6. The SMILES string of the molecule is CCCC[C@](C)(O)/C(=C/[Si](C)(C)C)[C@H](O)CC. The van der Waals surface area contributed by atoms with E-state index in [0.717, 1.165) is 24.8 Å². The second-order valence-electron chi connectivity index (χ2n) is 6.27. The van der Waals surface area contributed by atoms with Crippen LogP contribution < -0.4 is 0 Å². The molecule has 2 atom stereocenters. The molecular weight excluding hydrogens is 228 g/mol. The van der Waals surface area contributed by atoms with Crippen molar-refractivity contribution in [3.63, 3.8) is 0 Å². The number of hydrogen-bond donors (Lipinski definition) is 2. The summed E-state index contributed by atoms with van der Waals surface area (Å²) in [7, 11) is -1.43. The van der Waals surface area contributed by atoms with Crippen molar-refractivity contribution >= 4 is 8.07 Å². The van der Waals surface area contributed by atoms with Gasteiger partial charge < -0.3 is 10.2 Å². The molecule has 2 N–H and O–H groups in total. The highest BCUT2D eigenvalue weighted by Crippen LogP contribution is 2.28. The molecule has 0 unspecified atom stereocenters. The molecule has 0 bridgehead atoms. The topological polar surface area (TPSA) is 40.5 Å². The summed E-state index contributed by atoms with van der Waals surface area (Å²) in [4.78, 5) is 0. The van der Waals surface area contributed by atoms with Gasteiger partial charge in [0.15, 0.2) is 0 Å². The third-order valence-electron chi connectivity index (χ3n) is 2.97. The van der Waals surface area contributed by atoms with Crippen LogP contribution in [0, 0.1) is 0 Å². The smallest absolute Gasteiger partial charge is 0.0849 e. The summed E-state index contributed by atoms with van der Waals surface area (Å²) in [5, 5.41) is 20.7. The lowest BCUT2D eigenvalue weighted by molar-refractivity contribution is 0.0542. The van der Waals surface area contributed by atoms with Gasteiger partial charge in [-0.15, -0.1) is 0 Å². The molecule has 0 rings (SSSR count). The van der Waals surface area contributed by atoms with Gasteiger partial charge in [-0.1, -0.05) is 52.0 Å². The molecule has 0 heterocycles. The van der Waals surface area contributed by atoms with Crippen LogP contribution in [0.4, 0.5) is 0 Å². The number of aliphatic hydroxyl groups excluding tert-OH is 1. The van der Waals surface area contributed by atoms with Crippen molar-refractivity contribution in [1.29, 1.82) is 0 Å². The summed E-state index contributed by atoms with van der Waals surface area (Å²) in [6, 6.07) is 0. The molecular formula is C14H30O2Si. The minimum absolute atomic E-state index is 0.506. The van der Waals surface area contributed by atoms with Crippen LogP contribution in [-0.4, -0.2) is 30.0 Å². The highest BCUT2D eigenvalue weighted by molar-refractivity contribution is 6.81. The number of rotatable bonds is 7. The highest BCUT2D eigenvalue weighted by atomic mass is 28.3. The van der Waals surface area contributed by atoms with Crippen LogP contribution >= 0.6 is 0 Å². The average Bonchev–Trinajstić information content (AvgIpc) is 2.20. The van der Waals surface area contributed by atoms with Gasteiger partial charge in [-0.05, 0) is 25.3 Å². The number of unbranched alkanes of at least 4 members (excludes halogenated alkanes) is 1. The molecule has 2 nitrogen and oxygen atoms in total. The van der Waals surface area contributed by atoms with Crippen LogP contribution in [0.2, 0.25) is 19.6 Å². The molecule has 0 aliphatic rings. The fourth-order valence-corrected chi connectivity index (χ4v) is 3.40. The zero-order valence-corrected chi connectivity index (χ0v) is 13.4. The van der Waals surface area contributed by atoms with Crippen LogP contribution in [0.3, 0.4) is 0 Å². The van der Waals surface area contributed by atoms with E-state index in [1.54, 1.807) is 0 Å². The third-order valence-corrected chi connectivity index (χ3v) is 4.15. The maximum absolute atomic E-state index is 10.6. The summed E-state index contributed by atoms with van der Waals surface area (Å²) >= 11 is 0. The summed E-state index contributed by atoms with van der Waals surface area (Å²) < 4.78 is 0. The molecule has 0 spiro atoms. The van der Waals surface area contributed by atoms with Gasteiger partial charge in [-0.3, -0.25) is 0 Å². The monoisotopic (exact) mass is 258 g/mol. The van der Waals surface area contributed by atoms with E-state index < -0.39 is 19.8 Å². The van der Waals surface area contributed by atoms with Crippen LogP contribution in [0.15, 0.2) is 11.3 Å². The molecule has 0 aromatic rings. The molecule has 3 heteroatoms. The quantitative estimate of drug-likeness (QED) is 0.686. The molecule has 102 valence electrons. The minimum Gasteiger partial charge on any atom is -0.389 e. The summed E-state index contributed by atoms with van der Waals surface area (Å²) in [6.45, 7) is 12.6. The van der Waals surface area contributed by atoms with Gasteiger partial charge in [0.05, 0.1) is 19.8 Å². The first kappa shape index (κ1) is 16.9. The van der Waals surface area contributed by atoms with E-state index in [4.69, 9.17) is 0 Å². The van der Waals surface area contributed by atoms with Crippen LogP contribution in [0.5, 0.6) is 0 Å². The normalized spacial score (nSPS) is 18.9. The fraction of sp³-hybridized carbons (Fsp3) is 0.857. The first-order valence-electron chi connectivity index (χ1n) is 6.77. The summed E-state index contributed by atoms with van der Waals surface area (Å²) in [5.41, 5.74) is 2.15. The first-order chi connectivity index (χ1) is 7.64. The molecule has 0 aromatic heterocycles. The Morgan fingerprint density at radius 3 is 2.18 bits per heavy atom. The van der Waals surface area contributed by atoms with E-state index >= 15 is 0 Å². The largest absolute Gasteiger partial charge is 0.389 e. The van der Waals surface area contributed by atoms with Gasteiger partial charge in [0.25, 0.3) is 0 Å². The lowest BCUT2D eigenvalue weighted by Gasteiger charge is -2.32. The molecule has 17 heavy (non-hydrogen) atoms. The van der Waals surface area contributed by atoms with Gasteiger partial charge >= 0.3 is 0 Å². The van der Waals surface area contributed by atoms with Crippen molar-refractivity contribution in [1.82, 2.24) is 0 Å². The van der Waals surface area contributed by atoms with Gasteiger partial charge in [0.2, 0.25) is 0 Å². The van der Waals surface area contributed by atoms with Gasteiger partial charge in [-0.25, -0.2) is 0 Å². The van der Waals surface area contributed by atoms with Gasteiger partial charge in [0, 0.05) is 0 Å². The van der Waals surface area contributed by atoms with Crippen molar-refractivity contribution in [3.8, 4) is 0 Å². The lowest BCUT2D eigenvalue weighted by Crippen LogP contribution is -2.36. The van der Waals surface area contributed by atoms with E-state index in [1.807, 2.05) is 13.8 Å².